The van der Waals surface area contributed by atoms with Crippen molar-refractivity contribution in [2.75, 3.05) is 6.54 Å². The number of nitrogens with zero attached hydrogens (tertiary/aromatic N) is 1. The van der Waals surface area contributed by atoms with E-state index < -0.39 is 0 Å². The minimum atomic E-state index is -0.378. The first-order valence-corrected chi connectivity index (χ1v) is 13.9. The molecular formula is C36H40N+. The van der Waals surface area contributed by atoms with Gasteiger partial charge in [0.05, 0.1) is 11.1 Å². The van der Waals surface area contributed by atoms with Gasteiger partial charge in [-0.15, -0.1) is 0 Å². The zero-order chi connectivity index (χ0) is 26.0. The third-order valence-corrected chi connectivity index (χ3v) is 8.47. The number of unbranched alkanes of at least 4 members (excludes halogenated alkanes) is 3. The number of aryl methyl sites for hydroxylation is 2. The average molecular weight is 487 g/mol. The SMILES string of the molecule is CCCCCC[N+]1=C(c2c(C)c(C)cc(C)c2C)c2ccccc2C1(c1ccccc1)c1ccccc1. The maximum atomic E-state index is 2.77. The lowest BCUT2D eigenvalue weighted by Gasteiger charge is -2.30. The van der Waals surface area contributed by atoms with Gasteiger partial charge < -0.3 is 0 Å². The number of rotatable bonds is 8. The smallest absolute Gasteiger partial charge is 0.211 e. The van der Waals surface area contributed by atoms with Crippen molar-refractivity contribution >= 4 is 5.71 Å². The molecule has 4 aromatic carbocycles. The standard InChI is InChI=1S/C36H40N/c1-6-7-8-17-24-37-35(34-28(4)26(2)25-27(3)29(34)5)32-22-15-16-23-33(32)36(37,30-18-11-9-12-19-30)31-20-13-10-14-21-31/h9-16,18-23,25H,6-8,17,24H2,1-5H3/q+1. The minimum absolute atomic E-state index is 0.378. The summed E-state index contributed by atoms with van der Waals surface area (Å²) in [6.45, 7) is 12.5. The summed E-state index contributed by atoms with van der Waals surface area (Å²) < 4.78 is 2.77. The molecule has 0 saturated carbocycles. The van der Waals surface area contributed by atoms with Crippen LogP contribution in [0.1, 0.15) is 82.7 Å². The van der Waals surface area contributed by atoms with Crippen molar-refractivity contribution in [2.24, 2.45) is 0 Å². The fourth-order valence-electron chi connectivity index (χ4n) is 6.43. The van der Waals surface area contributed by atoms with Crippen LogP contribution >= 0.6 is 0 Å². The zero-order valence-electron chi connectivity index (χ0n) is 23.1. The third-order valence-electron chi connectivity index (χ3n) is 8.47. The second kappa shape index (κ2) is 10.5. The number of fused-ring (bicyclic) bond motifs is 1. The Morgan fingerprint density at radius 1 is 0.622 bits per heavy atom. The first-order valence-electron chi connectivity index (χ1n) is 13.9. The molecule has 0 aromatic heterocycles. The maximum Gasteiger partial charge on any atom is 0.240 e. The molecule has 1 heteroatoms. The second-order valence-electron chi connectivity index (χ2n) is 10.7. The maximum absolute atomic E-state index is 2.77. The van der Waals surface area contributed by atoms with Crippen LogP contribution in [0.15, 0.2) is 91.0 Å². The lowest BCUT2D eigenvalue weighted by molar-refractivity contribution is -0.590. The van der Waals surface area contributed by atoms with Gasteiger partial charge in [-0.1, -0.05) is 105 Å². The van der Waals surface area contributed by atoms with E-state index in [4.69, 9.17) is 0 Å². The first kappa shape index (κ1) is 25.2. The van der Waals surface area contributed by atoms with Gasteiger partial charge >= 0.3 is 0 Å². The lowest BCUT2D eigenvalue weighted by atomic mass is 9.76. The molecule has 0 unspecified atom stereocenters. The van der Waals surface area contributed by atoms with E-state index in [-0.39, 0.29) is 5.54 Å². The molecular weight excluding hydrogens is 446 g/mol. The highest BCUT2D eigenvalue weighted by Crippen LogP contribution is 2.47. The molecule has 1 aliphatic rings. The summed E-state index contributed by atoms with van der Waals surface area (Å²) in [6, 6.07) is 33.9. The van der Waals surface area contributed by atoms with Crippen LogP contribution in [0.4, 0.5) is 0 Å². The molecule has 0 atom stereocenters. The summed E-state index contributed by atoms with van der Waals surface area (Å²) in [5.74, 6) is 0. The van der Waals surface area contributed by atoms with Gasteiger partial charge in [-0.25, -0.2) is 4.58 Å². The predicted molar refractivity (Wildman–Crippen MR) is 157 cm³/mol. The van der Waals surface area contributed by atoms with Crippen molar-refractivity contribution < 1.29 is 4.58 Å². The van der Waals surface area contributed by atoms with Crippen LogP contribution in [-0.4, -0.2) is 16.8 Å². The van der Waals surface area contributed by atoms with Crippen LogP contribution in [0.25, 0.3) is 0 Å². The number of hydrogen-bond donors (Lipinski definition) is 0. The number of benzene rings is 4. The Morgan fingerprint density at radius 3 is 1.73 bits per heavy atom. The van der Waals surface area contributed by atoms with Gasteiger partial charge in [0.15, 0.2) is 0 Å². The molecule has 0 bridgehead atoms. The van der Waals surface area contributed by atoms with E-state index in [0.29, 0.717) is 0 Å². The van der Waals surface area contributed by atoms with Crippen LogP contribution in [0, 0.1) is 27.7 Å². The van der Waals surface area contributed by atoms with Gasteiger partial charge in [0, 0.05) is 23.1 Å². The van der Waals surface area contributed by atoms with Crippen LogP contribution in [-0.2, 0) is 5.54 Å². The lowest BCUT2D eigenvalue weighted by Crippen LogP contribution is -2.41. The van der Waals surface area contributed by atoms with E-state index >= 15 is 0 Å². The molecule has 188 valence electrons. The van der Waals surface area contributed by atoms with Crippen LogP contribution in [0.2, 0.25) is 0 Å². The normalized spacial score (nSPS) is 14.2. The molecule has 0 spiro atoms. The van der Waals surface area contributed by atoms with E-state index in [1.54, 1.807) is 0 Å². The summed E-state index contributed by atoms with van der Waals surface area (Å²) in [4.78, 5) is 0. The van der Waals surface area contributed by atoms with Crippen molar-refractivity contribution in [1.82, 2.24) is 0 Å². The molecule has 0 radical (unpaired) electrons. The van der Waals surface area contributed by atoms with E-state index in [2.05, 4.69) is 130 Å². The summed E-state index contributed by atoms with van der Waals surface area (Å²) in [6.07, 6.45) is 4.95. The highest BCUT2D eigenvalue weighted by atomic mass is 15.1. The average Bonchev–Trinajstić information content (AvgIpc) is 3.22. The van der Waals surface area contributed by atoms with Crippen molar-refractivity contribution in [3.63, 3.8) is 0 Å². The van der Waals surface area contributed by atoms with Crippen LogP contribution < -0.4 is 0 Å². The van der Waals surface area contributed by atoms with Crippen molar-refractivity contribution in [3.05, 3.63) is 141 Å². The molecule has 0 aliphatic carbocycles. The summed E-state index contributed by atoms with van der Waals surface area (Å²) >= 11 is 0. The molecule has 5 rings (SSSR count). The van der Waals surface area contributed by atoms with E-state index in [9.17, 15) is 0 Å². The van der Waals surface area contributed by atoms with Gasteiger partial charge in [0.2, 0.25) is 11.3 Å². The first-order chi connectivity index (χ1) is 18.0. The van der Waals surface area contributed by atoms with Crippen molar-refractivity contribution in [1.29, 1.82) is 0 Å². The Hall–Kier alpha value is -3.45. The molecule has 1 nitrogen and oxygen atoms in total. The quantitative estimate of drug-likeness (QED) is 0.173. The van der Waals surface area contributed by atoms with E-state index in [1.165, 1.54) is 81.5 Å². The Bertz CT molecular complexity index is 1360. The Kier molecular flexibility index (Phi) is 7.15. The summed E-state index contributed by atoms with van der Waals surface area (Å²) in [7, 11) is 0. The third kappa shape index (κ3) is 4.15. The Morgan fingerprint density at radius 2 is 1.16 bits per heavy atom. The molecule has 4 aromatic rings. The van der Waals surface area contributed by atoms with Gasteiger partial charge in [-0.3, -0.25) is 0 Å². The highest BCUT2D eigenvalue weighted by Gasteiger charge is 2.55. The molecule has 37 heavy (non-hydrogen) atoms. The Balaban J connectivity index is 1.93. The van der Waals surface area contributed by atoms with Crippen LogP contribution in [0.5, 0.6) is 0 Å². The molecule has 0 saturated heterocycles. The summed E-state index contributed by atoms with van der Waals surface area (Å²) in [5.41, 5.74) is 13.4. The molecule has 0 N–H and O–H groups in total. The van der Waals surface area contributed by atoms with Gasteiger partial charge in [-0.2, -0.15) is 0 Å². The second-order valence-corrected chi connectivity index (χ2v) is 10.7. The molecule has 0 amide bonds. The van der Waals surface area contributed by atoms with Crippen molar-refractivity contribution in [3.8, 4) is 0 Å². The van der Waals surface area contributed by atoms with Crippen LogP contribution in [0.3, 0.4) is 0 Å². The van der Waals surface area contributed by atoms with Crippen molar-refractivity contribution in [2.45, 2.75) is 65.8 Å². The van der Waals surface area contributed by atoms with E-state index in [1.807, 2.05) is 0 Å². The Labute approximate surface area is 223 Å². The predicted octanol–water partition coefficient (Wildman–Crippen LogP) is 8.66. The monoisotopic (exact) mass is 486 g/mol. The zero-order valence-corrected chi connectivity index (χ0v) is 23.1. The summed E-state index contributed by atoms with van der Waals surface area (Å²) in [5, 5.41) is 0. The fraction of sp³-hybridized carbons (Fsp3) is 0.306. The fourth-order valence-corrected chi connectivity index (χ4v) is 6.43. The molecule has 1 aliphatic heterocycles. The highest BCUT2D eigenvalue weighted by molar-refractivity contribution is 6.14. The van der Waals surface area contributed by atoms with E-state index in [0.717, 1.165) is 6.54 Å². The molecule has 0 fully saturated rings. The topological polar surface area (TPSA) is 3.01 Å². The largest absolute Gasteiger partial charge is 0.240 e. The molecule has 1 heterocycles. The minimum Gasteiger partial charge on any atom is -0.211 e. The van der Waals surface area contributed by atoms with Gasteiger partial charge in [-0.05, 0) is 62.4 Å². The van der Waals surface area contributed by atoms with Gasteiger partial charge in [0.25, 0.3) is 0 Å². The number of hydrogen-bond acceptors (Lipinski definition) is 0. The van der Waals surface area contributed by atoms with Gasteiger partial charge in [0.1, 0.15) is 6.54 Å².